The topological polar surface area (TPSA) is 96.3 Å². The summed E-state index contributed by atoms with van der Waals surface area (Å²) < 4.78 is 5.73. The lowest BCUT2D eigenvalue weighted by Gasteiger charge is -2.28. The van der Waals surface area contributed by atoms with Crippen molar-refractivity contribution in [2.45, 2.75) is 26.3 Å². The summed E-state index contributed by atoms with van der Waals surface area (Å²) in [5, 5.41) is 4.86. The summed E-state index contributed by atoms with van der Waals surface area (Å²) in [5.41, 5.74) is -1.48. The van der Waals surface area contributed by atoms with Crippen molar-refractivity contribution in [3.05, 3.63) is 28.7 Å². The maximum absolute atomic E-state index is 13.1. The summed E-state index contributed by atoms with van der Waals surface area (Å²) in [7, 11) is 0. The van der Waals surface area contributed by atoms with Gasteiger partial charge in [0.05, 0.1) is 12.3 Å². The number of rotatable bonds is 3. The number of ether oxygens (including phenoxy) is 1. The molecular formula is C17H16BrN3O5. The fourth-order valence-electron chi connectivity index (χ4n) is 3.28. The van der Waals surface area contributed by atoms with Gasteiger partial charge in [-0.25, -0.2) is 14.7 Å². The summed E-state index contributed by atoms with van der Waals surface area (Å²) >= 11 is 3.30. The number of amides is 3. The molecule has 26 heavy (non-hydrogen) atoms. The number of hydrogen-bond acceptors (Lipinski definition) is 6. The van der Waals surface area contributed by atoms with E-state index < -0.39 is 35.1 Å². The smallest absolute Gasteiger partial charge is 0.355 e. The molecule has 8 nitrogen and oxygen atoms in total. The van der Waals surface area contributed by atoms with Crippen LogP contribution in [0.5, 0.6) is 0 Å². The second-order valence-corrected chi connectivity index (χ2v) is 6.99. The number of nitrogens with zero attached hydrogens (tertiary/aromatic N) is 3. The molecule has 1 saturated heterocycles. The van der Waals surface area contributed by atoms with Gasteiger partial charge < -0.3 is 4.74 Å². The highest BCUT2D eigenvalue weighted by Crippen LogP contribution is 2.43. The molecule has 2 aliphatic heterocycles. The molecule has 0 saturated carbocycles. The van der Waals surface area contributed by atoms with Crippen LogP contribution >= 0.6 is 15.9 Å². The fourth-order valence-corrected chi connectivity index (χ4v) is 3.55. The van der Waals surface area contributed by atoms with Crippen molar-refractivity contribution < 1.29 is 23.9 Å². The highest BCUT2D eigenvalue weighted by atomic mass is 79.9. The van der Waals surface area contributed by atoms with E-state index in [1.54, 1.807) is 31.2 Å². The summed E-state index contributed by atoms with van der Waals surface area (Å²) in [6, 6.07) is 6.58. The Morgan fingerprint density at radius 1 is 1.27 bits per heavy atom. The molecule has 0 bridgehead atoms. The minimum absolute atomic E-state index is 0.0833. The van der Waals surface area contributed by atoms with Gasteiger partial charge in [-0.15, -0.1) is 0 Å². The molecule has 0 aromatic heterocycles. The maximum Gasteiger partial charge on any atom is 0.355 e. The molecule has 3 rings (SSSR count). The van der Waals surface area contributed by atoms with Crippen LogP contribution in [0.3, 0.4) is 0 Å². The molecule has 1 aromatic carbocycles. The first kappa shape index (κ1) is 18.2. The number of hydrogen-bond donors (Lipinski definition) is 0. The number of benzene rings is 1. The number of esters is 1. The van der Waals surface area contributed by atoms with Gasteiger partial charge in [-0.2, -0.15) is 5.10 Å². The Hall–Kier alpha value is -2.55. The van der Waals surface area contributed by atoms with E-state index in [-0.39, 0.29) is 12.3 Å². The van der Waals surface area contributed by atoms with Crippen LogP contribution in [0.15, 0.2) is 33.8 Å². The Kier molecular flexibility index (Phi) is 4.43. The van der Waals surface area contributed by atoms with Gasteiger partial charge in [0.1, 0.15) is 5.92 Å². The van der Waals surface area contributed by atoms with Gasteiger partial charge in [0.15, 0.2) is 11.3 Å². The van der Waals surface area contributed by atoms with Crippen molar-refractivity contribution in [2.24, 2.45) is 11.0 Å². The number of imide groups is 1. The molecule has 2 heterocycles. The highest BCUT2D eigenvalue weighted by molar-refractivity contribution is 9.10. The Morgan fingerprint density at radius 3 is 2.42 bits per heavy atom. The zero-order valence-corrected chi connectivity index (χ0v) is 15.9. The minimum Gasteiger partial charge on any atom is -0.461 e. The minimum atomic E-state index is -1.60. The lowest BCUT2D eigenvalue weighted by atomic mass is 9.85. The van der Waals surface area contributed by atoms with Gasteiger partial charge in [-0.05, 0) is 38.1 Å². The molecule has 1 fully saturated rings. The second-order valence-electron chi connectivity index (χ2n) is 6.07. The van der Waals surface area contributed by atoms with Crippen LogP contribution in [-0.2, 0) is 23.9 Å². The number of hydrazone groups is 1. The van der Waals surface area contributed by atoms with Crippen LogP contribution < -0.4 is 4.90 Å². The predicted octanol–water partition coefficient (Wildman–Crippen LogP) is 1.48. The van der Waals surface area contributed by atoms with Crippen LogP contribution in [0.4, 0.5) is 5.69 Å². The first-order valence-electron chi connectivity index (χ1n) is 7.93. The molecule has 0 spiro atoms. The standard InChI is InChI=1S/C17H16BrN3O5/c1-4-26-15(24)13-12-14(23)20(11-7-5-10(18)6-8-11)16(25)17(12,3)21(19-13)9(2)22/h5-8,12H,4H2,1-3H3. The van der Waals surface area contributed by atoms with Crippen molar-refractivity contribution in [1.29, 1.82) is 0 Å². The van der Waals surface area contributed by atoms with Gasteiger partial charge in [-0.3, -0.25) is 14.4 Å². The number of anilines is 1. The van der Waals surface area contributed by atoms with Crippen LogP contribution in [0.2, 0.25) is 0 Å². The first-order chi connectivity index (χ1) is 12.2. The van der Waals surface area contributed by atoms with Crippen molar-refractivity contribution in [2.75, 3.05) is 11.5 Å². The van der Waals surface area contributed by atoms with E-state index in [1.807, 2.05) is 0 Å². The zero-order chi connectivity index (χ0) is 19.2. The zero-order valence-electron chi connectivity index (χ0n) is 14.4. The van der Waals surface area contributed by atoms with E-state index in [0.717, 1.165) is 14.4 Å². The summed E-state index contributed by atoms with van der Waals surface area (Å²) in [5.74, 6) is -3.80. The van der Waals surface area contributed by atoms with Crippen molar-refractivity contribution in [1.82, 2.24) is 5.01 Å². The van der Waals surface area contributed by atoms with Crippen molar-refractivity contribution in [3.8, 4) is 0 Å². The van der Waals surface area contributed by atoms with Gasteiger partial charge in [0.25, 0.3) is 5.91 Å². The lowest BCUT2D eigenvalue weighted by Crippen LogP contribution is -2.52. The van der Waals surface area contributed by atoms with Crippen LogP contribution in [0.25, 0.3) is 0 Å². The molecule has 3 amide bonds. The molecule has 136 valence electrons. The molecular weight excluding hydrogens is 406 g/mol. The number of carbonyl (C=O) groups excluding carboxylic acids is 4. The van der Waals surface area contributed by atoms with E-state index in [1.165, 1.54) is 13.8 Å². The van der Waals surface area contributed by atoms with Gasteiger partial charge in [0, 0.05) is 11.4 Å². The number of carbonyl (C=O) groups is 4. The molecule has 2 aliphatic rings. The Balaban J connectivity index is 2.11. The Morgan fingerprint density at radius 2 is 1.88 bits per heavy atom. The SMILES string of the molecule is CCOC(=O)C1=NN(C(C)=O)C2(C)C(=O)N(c3ccc(Br)cc3)C(=O)C12. The largest absolute Gasteiger partial charge is 0.461 e. The maximum atomic E-state index is 13.1. The monoisotopic (exact) mass is 421 g/mol. The third-order valence-corrected chi connectivity index (χ3v) is 4.98. The third-order valence-electron chi connectivity index (χ3n) is 4.45. The third kappa shape index (κ3) is 2.45. The van der Waals surface area contributed by atoms with E-state index in [0.29, 0.717) is 5.69 Å². The first-order valence-corrected chi connectivity index (χ1v) is 8.73. The number of halogens is 1. The molecule has 0 radical (unpaired) electrons. The average Bonchev–Trinajstić information content (AvgIpc) is 3.00. The quantitative estimate of drug-likeness (QED) is 0.543. The lowest BCUT2D eigenvalue weighted by molar-refractivity contribution is -0.142. The normalized spacial score (nSPS) is 24.6. The molecule has 0 N–H and O–H groups in total. The summed E-state index contributed by atoms with van der Waals surface area (Å²) in [4.78, 5) is 51.4. The van der Waals surface area contributed by atoms with Gasteiger partial charge in [-0.1, -0.05) is 15.9 Å². The predicted molar refractivity (Wildman–Crippen MR) is 95.1 cm³/mol. The van der Waals surface area contributed by atoms with Crippen LogP contribution in [0, 0.1) is 5.92 Å². The fraction of sp³-hybridized carbons (Fsp3) is 0.353. The van der Waals surface area contributed by atoms with E-state index in [2.05, 4.69) is 21.0 Å². The van der Waals surface area contributed by atoms with Gasteiger partial charge >= 0.3 is 5.97 Å². The summed E-state index contributed by atoms with van der Waals surface area (Å²) in [6.45, 7) is 4.36. The van der Waals surface area contributed by atoms with E-state index >= 15 is 0 Å². The van der Waals surface area contributed by atoms with E-state index in [4.69, 9.17) is 4.74 Å². The second kappa shape index (κ2) is 6.31. The van der Waals surface area contributed by atoms with Gasteiger partial charge in [0.2, 0.25) is 11.8 Å². The molecule has 2 unspecified atom stereocenters. The van der Waals surface area contributed by atoms with Crippen LogP contribution in [0.1, 0.15) is 20.8 Å². The van der Waals surface area contributed by atoms with Crippen molar-refractivity contribution in [3.63, 3.8) is 0 Å². The molecule has 1 aromatic rings. The average molecular weight is 422 g/mol. The Labute approximate surface area is 157 Å². The molecule has 0 aliphatic carbocycles. The Bertz CT molecular complexity index is 850. The van der Waals surface area contributed by atoms with E-state index in [9.17, 15) is 19.2 Å². The molecule has 9 heteroatoms. The molecule has 2 atom stereocenters. The van der Waals surface area contributed by atoms with Crippen LogP contribution in [-0.4, -0.2) is 46.6 Å². The highest BCUT2D eigenvalue weighted by Gasteiger charge is 2.67. The number of fused-ring (bicyclic) bond motifs is 1. The van der Waals surface area contributed by atoms with Crippen molar-refractivity contribution >= 4 is 51.0 Å². The summed E-state index contributed by atoms with van der Waals surface area (Å²) in [6.07, 6.45) is 0.